The fraction of sp³-hybridized carbons (Fsp3) is 0.238. The van der Waals surface area contributed by atoms with Gasteiger partial charge < -0.3 is 19.7 Å². The number of methoxy groups -OCH3 is 2. The fourth-order valence-corrected chi connectivity index (χ4v) is 2.70. The summed E-state index contributed by atoms with van der Waals surface area (Å²) in [5.74, 6) is 1.53. The van der Waals surface area contributed by atoms with E-state index in [9.17, 15) is 4.79 Å². The summed E-state index contributed by atoms with van der Waals surface area (Å²) < 4.78 is 10.6. The molecule has 0 aliphatic carbocycles. The molecule has 0 unspecified atom stereocenters. The maximum Gasteiger partial charge on any atom is 0.256 e. The summed E-state index contributed by atoms with van der Waals surface area (Å²) in [5.41, 5.74) is 2.22. The van der Waals surface area contributed by atoms with Gasteiger partial charge in [-0.2, -0.15) is 0 Å². The van der Waals surface area contributed by atoms with Crippen LogP contribution < -0.4 is 14.8 Å². The molecule has 1 aromatic carbocycles. The average molecular weight is 393 g/mol. The second-order valence-electron chi connectivity index (χ2n) is 6.32. The summed E-state index contributed by atoms with van der Waals surface area (Å²) in [4.78, 5) is 26.7. The largest absolute Gasteiger partial charge is 0.497 e. The molecule has 150 valence electrons. The van der Waals surface area contributed by atoms with Crippen LogP contribution in [0.2, 0.25) is 0 Å². The summed E-state index contributed by atoms with van der Waals surface area (Å²) >= 11 is 0. The lowest BCUT2D eigenvalue weighted by Gasteiger charge is -2.17. The number of aromatic nitrogens is 3. The van der Waals surface area contributed by atoms with Gasteiger partial charge in [-0.15, -0.1) is 0 Å². The van der Waals surface area contributed by atoms with Crippen molar-refractivity contribution in [1.82, 2.24) is 19.9 Å². The molecule has 0 atom stereocenters. The third-order valence-electron chi connectivity index (χ3n) is 4.38. The highest BCUT2D eigenvalue weighted by Crippen LogP contribution is 2.30. The summed E-state index contributed by atoms with van der Waals surface area (Å²) in [5, 5.41) is 3.08. The Hall–Kier alpha value is -3.68. The Balaban J connectivity index is 1.64. The molecule has 0 spiro atoms. The predicted molar refractivity (Wildman–Crippen MR) is 110 cm³/mol. The van der Waals surface area contributed by atoms with Crippen LogP contribution in [0.15, 0.2) is 55.1 Å². The molecule has 0 bridgehead atoms. The molecule has 0 saturated carbocycles. The van der Waals surface area contributed by atoms with Crippen LogP contribution >= 0.6 is 0 Å². The monoisotopic (exact) mass is 393 g/mol. The second kappa shape index (κ2) is 9.50. The van der Waals surface area contributed by atoms with Gasteiger partial charge >= 0.3 is 0 Å². The predicted octanol–water partition coefficient (Wildman–Crippen LogP) is 2.95. The number of rotatable bonds is 8. The topological polar surface area (TPSA) is 89.5 Å². The van der Waals surface area contributed by atoms with Gasteiger partial charge in [0.2, 0.25) is 5.95 Å². The van der Waals surface area contributed by atoms with Crippen LogP contribution in [0.25, 0.3) is 0 Å². The Bertz CT molecular complexity index is 948. The number of anilines is 2. The van der Waals surface area contributed by atoms with E-state index >= 15 is 0 Å². The number of carbonyl (C=O) groups excluding carboxylic acids is 1. The zero-order valence-corrected chi connectivity index (χ0v) is 16.6. The van der Waals surface area contributed by atoms with E-state index < -0.39 is 0 Å². The Labute approximate surface area is 169 Å². The van der Waals surface area contributed by atoms with Gasteiger partial charge in [0, 0.05) is 44.4 Å². The van der Waals surface area contributed by atoms with Crippen LogP contribution in [0.1, 0.15) is 15.9 Å². The minimum Gasteiger partial charge on any atom is -0.497 e. The number of nitrogens with zero attached hydrogens (tertiary/aromatic N) is 4. The first-order chi connectivity index (χ1) is 14.1. The Kier molecular flexibility index (Phi) is 6.57. The lowest BCUT2D eigenvalue weighted by molar-refractivity contribution is 0.0796. The molecular formula is C21H23N5O3. The molecule has 0 aliphatic rings. The number of nitrogens with one attached hydrogen (secondary N) is 1. The molecule has 8 nitrogen and oxygen atoms in total. The second-order valence-corrected chi connectivity index (χ2v) is 6.32. The van der Waals surface area contributed by atoms with Crippen molar-refractivity contribution in [2.24, 2.45) is 0 Å². The van der Waals surface area contributed by atoms with Gasteiger partial charge in [0.1, 0.15) is 11.5 Å². The van der Waals surface area contributed by atoms with Crippen molar-refractivity contribution in [3.63, 3.8) is 0 Å². The van der Waals surface area contributed by atoms with Gasteiger partial charge in [0.15, 0.2) is 0 Å². The van der Waals surface area contributed by atoms with Gasteiger partial charge in [-0.3, -0.25) is 9.78 Å². The molecule has 0 saturated heterocycles. The molecular weight excluding hydrogens is 370 g/mol. The Morgan fingerprint density at radius 3 is 2.45 bits per heavy atom. The number of hydrogen-bond acceptors (Lipinski definition) is 7. The van der Waals surface area contributed by atoms with E-state index in [0.717, 1.165) is 12.0 Å². The van der Waals surface area contributed by atoms with Gasteiger partial charge in [0.25, 0.3) is 5.91 Å². The average Bonchev–Trinajstić information content (AvgIpc) is 2.78. The molecule has 2 heterocycles. The van der Waals surface area contributed by atoms with Gasteiger partial charge in [0.05, 0.1) is 25.5 Å². The maximum absolute atomic E-state index is 12.6. The van der Waals surface area contributed by atoms with Crippen molar-refractivity contribution in [1.29, 1.82) is 0 Å². The summed E-state index contributed by atoms with van der Waals surface area (Å²) in [6, 6.07) is 9.25. The van der Waals surface area contributed by atoms with Crippen LogP contribution in [0.4, 0.5) is 11.6 Å². The van der Waals surface area contributed by atoms with Crippen molar-refractivity contribution in [3.05, 3.63) is 66.2 Å². The summed E-state index contributed by atoms with van der Waals surface area (Å²) in [6.07, 6.45) is 7.25. The standard InChI is InChI=1S/C21H23N5O3/c1-26(11-8-15-6-9-22-10-7-15)20(27)16-13-23-21(24-14-16)25-18-12-17(28-2)4-5-19(18)29-3/h4-7,9-10,12-14H,8,11H2,1-3H3,(H,23,24,25). The normalized spacial score (nSPS) is 10.3. The first kappa shape index (κ1) is 20.1. The number of amides is 1. The minimum atomic E-state index is -0.135. The van der Waals surface area contributed by atoms with Gasteiger partial charge in [-0.1, -0.05) is 0 Å². The van der Waals surface area contributed by atoms with Crippen molar-refractivity contribution in [2.75, 3.05) is 33.1 Å². The van der Waals surface area contributed by atoms with Crippen LogP contribution in [0.5, 0.6) is 11.5 Å². The summed E-state index contributed by atoms with van der Waals surface area (Å²) in [7, 11) is 4.93. The first-order valence-electron chi connectivity index (χ1n) is 9.06. The SMILES string of the molecule is COc1ccc(OC)c(Nc2ncc(C(=O)N(C)CCc3ccncc3)cn2)c1. The molecule has 3 aromatic rings. The highest BCUT2D eigenvalue weighted by atomic mass is 16.5. The minimum absolute atomic E-state index is 0.135. The van der Waals surface area contributed by atoms with Crippen molar-refractivity contribution >= 4 is 17.5 Å². The van der Waals surface area contributed by atoms with E-state index in [0.29, 0.717) is 35.2 Å². The van der Waals surface area contributed by atoms with Crippen molar-refractivity contribution in [3.8, 4) is 11.5 Å². The van der Waals surface area contributed by atoms with Crippen LogP contribution in [-0.4, -0.2) is 53.6 Å². The molecule has 3 rings (SSSR count). The zero-order valence-electron chi connectivity index (χ0n) is 16.6. The van der Waals surface area contributed by atoms with Crippen molar-refractivity contribution < 1.29 is 14.3 Å². The van der Waals surface area contributed by atoms with Crippen LogP contribution in [0, 0.1) is 0 Å². The lowest BCUT2D eigenvalue weighted by Crippen LogP contribution is -2.29. The van der Waals surface area contributed by atoms with Crippen molar-refractivity contribution in [2.45, 2.75) is 6.42 Å². The Morgan fingerprint density at radius 2 is 1.79 bits per heavy atom. The molecule has 2 aromatic heterocycles. The molecule has 0 aliphatic heterocycles. The van der Waals surface area contributed by atoms with E-state index in [1.807, 2.05) is 12.1 Å². The number of likely N-dealkylation sites (N-methyl/N-ethyl adjacent to an activating group) is 1. The molecule has 1 N–H and O–H groups in total. The third kappa shape index (κ3) is 5.19. The van der Waals surface area contributed by atoms with E-state index in [2.05, 4.69) is 20.3 Å². The first-order valence-corrected chi connectivity index (χ1v) is 9.06. The van der Waals surface area contributed by atoms with Gasteiger partial charge in [-0.25, -0.2) is 9.97 Å². The van der Waals surface area contributed by atoms with Crippen LogP contribution in [0.3, 0.4) is 0 Å². The lowest BCUT2D eigenvalue weighted by atomic mass is 10.2. The number of carbonyl (C=O) groups is 1. The highest BCUT2D eigenvalue weighted by Gasteiger charge is 2.13. The number of hydrogen-bond donors (Lipinski definition) is 1. The quantitative estimate of drug-likeness (QED) is 0.629. The maximum atomic E-state index is 12.6. The number of ether oxygens (including phenoxy) is 2. The molecule has 0 radical (unpaired) electrons. The van der Waals surface area contributed by atoms with E-state index in [1.165, 1.54) is 12.4 Å². The van der Waals surface area contributed by atoms with E-state index in [1.54, 1.807) is 56.8 Å². The fourth-order valence-electron chi connectivity index (χ4n) is 2.70. The molecule has 1 amide bonds. The third-order valence-corrected chi connectivity index (χ3v) is 4.38. The zero-order chi connectivity index (χ0) is 20.6. The molecule has 29 heavy (non-hydrogen) atoms. The summed E-state index contributed by atoms with van der Waals surface area (Å²) in [6.45, 7) is 0.587. The van der Waals surface area contributed by atoms with Crippen LogP contribution in [-0.2, 0) is 6.42 Å². The van der Waals surface area contributed by atoms with E-state index in [-0.39, 0.29) is 5.91 Å². The Morgan fingerprint density at radius 1 is 1.07 bits per heavy atom. The molecule has 0 fully saturated rings. The smallest absolute Gasteiger partial charge is 0.256 e. The highest BCUT2D eigenvalue weighted by molar-refractivity contribution is 5.93. The molecule has 8 heteroatoms. The number of benzene rings is 1. The number of pyridine rings is 1. The van der Waals surface area contributed by atoms with Gasteiger partial charge in [-0.05, 0) is 36.2 Å². The van der Waals surface area contributed by atoms with E-state index in [4.69, 9.17) is 9.47 Å².